The molecule has 0 aliphatic heterocycles. The largest absolute Gasteiger partial charge is 0.222 e. The molecule has 0 unspecified atom stereocenters. The Morgan fingerprint density at radius 2 is 1.85 bits per heavy atom. The predicted octanol–water partition coefficient (Wildman–Crippen LogP) is 2.11. The third-order valence-corrected chi connectivity index (χ3v) is 5.42. The Kier molecular flexibility index (Phi) is 3.47. The predicted molar refractivity (Wildman–Crippen MR) is 59.7 cm³/mol. The van der Waals surface area contributed by atoms with Crippen molar-refractivity contribution in [1.82, 2.24) is 0 Å². The molecule has 70 valence electrons. The molecule has 0 atom stereocenters. The molecule has 0 N–H and O–H groups in total. The summed E-state index contributed by atoms with van der Waals surface area (Å²) in [6.45, 7) is 0. The van der Waals surface area contributed by atoms with Gasteiger partial charge in [0.05, 0.1) is 4.90 Å². The average Bonchev–Trinajstić information content (AvgIpc) is 2.18. The van der Waals surface area contributed by atoms with E-state index in [1.54, 1.807) is 24.5 Å². The normalized spacial score (nSPS) is 11.2. The van der Waals surface area contributed by atoms with Crippen LogP contribution in [-0.2, 0) is 9.84 Å². The van der Waals surface area contributed by atoms with E-state index in [0.29, 0.717) is 0 Å². The van der Waals surface area contributed by atoms with Crippen molar-refractivity contribution in [3.8, 4) is 0 Å². The number of hydrogen-bond acceptors (Lipinski definition) is 4. The molecule has 0 saturated carbocycles. The van der Waals surface area contributed by atoms with Gasteiger partial charge >= 0.3 is 0 Å². The van der Waals surface area contributed by atoms with E-state index in [-0.39, 0.29) is 8.42 Å². The zero-order valence-electron chi connectivity index (χ0n) is 6.93. The minimum absolute atomic E-state index is 0.0127. The molecule has 0 fully saturated rings. The molecule has 0 amide bonds. The average molecular weight is 232 g/mol. The topological polar surface area (TPSA) is 34.1 Å². The highest BCUT2D eigenvalue weighted by Crippen LogP contribution is 2.17. The standard InChI is InChI=1S/C8H8O2S3/c1-12-8(11)13(9,10)7-5-3-2-4-6-7/h2-6H,1H3. The third-order valence-electron chi connectivity index (χ3n) is 1.44. The number of thiocarbonyl (C=S) groups is 1. The van der Waals surface area contributed by atoms with E-state index >= 15 is 0 Å². The SMILES string of the molecule is CSC(=S)S(=O)(=O)c1ccccc1. The van der Waals surface area contributed by atoms with Crippen molar-refractivity contribution in [3.05, 3.63) is 30.3 Å². The molecule has 0 spiro atoms. The second-order valence-electron chi connectivity index (χ2n) is 2.27. The monoisotopic (exact) mass is 232 g/mol. The van der Waals surface area contributed by atoms with Crippen molar-refractivity contribution in [3.63, 3.8) is 0 Å². The van der Waals surface area contributed by atoms with Crippen molar-refractivity contribution in [2.75, 3.05) is 6.26 Å². The van der Waals surface area contributed by atoms with Crippen LogP contribution in [0.15, 0.2) is 35.2 Å². The van der Waals surface area contributed by atoms with Gasteiger partial charge < -0.3 is 0 Å². The molecular formula is C8H8O2S3. The molecule has 0 heterocycles. The second-order valence-corrected chi connectivity index (χ2v) is 6.16. The van der Waals surface area contributed by atoms with E-state index in [0.717, 1.165) is 11.8 Å². The van der Waals surface area contributed by atoms with Crippen LogP contribution in [0.5, 0.6) is 0 Å². The van der Waals surface area contributed by atoms with Crippen LogP contribution < -0.4 is 0 Å². The van der Waals surface area contributed by atoms with E-state index < -0.39 is 9.84 Å². The molecule has 0 aliphatic carbocycles. The maximum absolute atomic E-state index is 11.6. The van der Waals surface area contributed by atoms with E-state index in [9.17, 15) is 8.42 Å². The molecule has 0 saturated heterocycles. The van der Waals surface area contributed by atoms with Gasteiger partial charge in [-0.25, -0.2) is 8.42 Å². The Morgan fingerprint density at radius 1 is 1.31 bits per heavy atom. The zero-order valence-corrected chi connectivity index (χ0v) is 9.38. The number of rotatable bonds is 1. The lowest BCUT2D eigenvalue weighted by atomic mass is 10.4. The zero-order chi connectivity index (χ0) is 9.90. The first kappa shape index (κ1) is 10.7. The van der Waals surface area contributed by atoms with E-state index in [4.69, 9.17) is 12.2 Å². The Hall–Kier alpha value is -0.390. The Balaban J connectivity index is 3.17. The Morgan fingerprint density at radius 3 is 2.31 bits per heavy atom. The smallest absolute Gasteiger partial charge is 0.217 e. The Bertz CT molecular complexity index is 395. The molecular weight excluding hydrogens is 224 g/mol. The van der Waals surface area contributed by atoms with Crippen LogP contribution in [0.1, 0.15) is 0 Å². The van der Waals surface area contributed by atoms with Gasteiger partial charge in [0.15, 0.2) is 3.53 Å². The summed E-state index contributed by atoms with van der Waals surface area (Å²) in [4.78, 5) is 0.259. The van der Waals surface area contributed by atoms with E-state index in [1.807, 2.05) is 0 Å². The fraction of sp³-hybridized carbons (Fsp3) is 0.125. The van der Waals surface area contributed by atoms with E-state index in [1.165, 1.54) is 12.1 Å². The van der Waals surface area contributed by atoms with Crippen LogP contribution in [-0.4, -0.2) is 18.2 Å². The Labute approximate surface area is 87.3 Å². The molecule has 0 aromatic heterocycles. The van der Waals surface area contributed by atoms with Crippen molar-refractivity contribution in [1.29, 1.82) is 0 Å². The minimum atomic E-state index is -3.39. The minimum Gasteiger partial charge on any atom is -0.217 e. The molecule has 5 heteroatoms. The lowest BCUT2D eigenvalue weighted by Crippen LogP contribution is -2.08. The molecule has 2 nitrogen and oxygen atoms in total. The van der Waals surface area contributed by atoms with Gasteiger partial charge in [0.1, 0.15) is 0 Å². The van der Waals surface area contributed by atoms with Crippen molar-refractivity contribution >= 4 is 37.3 Å². The first-order chi connectivity index (χ1) is 6.09. The van der Waals surface area contributed by atoms with Crippen molar-refractivity contribution in [2.24, 2.45) is 0 Å². The van der Waals surface area contributed by atoms with Crippen LogP contribution in [0.3, 0.4) is 0 Å². The summed E-state index contributed by atoms with van der Waals surface area (Å²) in [6.07, 6.45) is 1.66. The molecule has 0 radical (unpaired) electrons. The number of benzene rings is 1. The van der Waals surface area contributed by atoms with Gasteiger partial charge in [-0.05, 0) is 18.4 Å². The van der Waals surface area contributed by atoms with E-state index in [2.05, 4.69) is 0 Å². The summed E-state index contributed by atoms with van der Waals surface area (Å²) in [5, 5.41) is 0. The number of sulfone groups is 1. The molecule has 0 aliphatic rings. The summed E-state index contributed by atoms with van der Waals surface area (Å²) >= 11 is 5.82. The van der Waals surface area contributed by atoms with Crippen LogP contribution in [0.4, 0.5) is 0 Å². The fourth-order valence-corrected chi connectivity index (χ4v) is 2.97. The highest BCUT2D eigenvalue weighted by atomic mass is 32.3. The summed E-state index contributed by atoms with van der Waals surface area (Å²) in [6, 6.07) is 8.20. The van der Waals surface area contributed by atoms with Gasteiger partial charge in [-0.15, -0.1) is 11.8 Å². The van der Waals surface area contributed by atoms with Crippen molar-refractivity contribution in [2.45, 2.75) is 4.90 Å². The van der Waals surface area contributed by atoms with Crippen molar-refractivity contribution < 1.29 is 8.42 Å². The second kappa shape index (κ2) is 4.21. The quantitative estimate of drug-likeness (QED) is 0.695. The summed E-state index contributed by atoms with van der Waals surface area (Å²) < 4.78 is 23.2. The van der Waals surface area contributed by atoms with Crippen LogP contribution in [0.2, 0.25) is 0 Å². The highest BCUT2D eigenvalue weighted by Gasteiger charge is 2.18. The van der Waals surface area contributed by atoms with Gasteiger partial charge in [0.2, 0.25) is 9.84 Å². The molecule has 1 rings (SSSR count). The lowest BCUT2D eigenvalue weighted by Gasteiger charge is -2.01. The van der Waals surface area contributed by atoms with Gasteiger partial charge in [0.25, 0.3) is 0 Å². The molecule has 1 aromatic rings. The summed E-state index contributed by atoms with van der Waals surface area (Å²) in [5.74, 6) is 0. The highest BCUT2D eigenvalue weighted by molar-refractivity contribution is 8.43. The summed E-state index contributed by atoms with van der Waals surface area (Å²) in [7, 11) is -3.39. The lowest BCUT2D eigenvalue weighted by molar-refractivity contribution is 0.608. The first-order valence-electron chi connectivity index (χ1n) is 3.47. The number of hydrogen-bond donors (Lipinski definition) is 0. The number of thioether (sulfide) groups is 1. The van der Waals surface area contributed by atoms with Crippen LogP contribution in [0, 0.1) is 0 Å². The molecule has 0 bridgehead atoms. The van der Waals surface area contributed by atoms with Gasteiger partial charge in [-0.2, -0.15) is 0 Å². The van der Waals surface area contributed by atoms with Gasteiger partial charge in [-0.1, -0.05) is 30.4 Å². The van der Waals surface area contributed by atoms with Gasteiger partial charge in [0, 0.05) is 0 Å². The van der Waals surface area contributed by atoms with Gasteiger partial charge in [-0.3, -0.25) is 0 Å². The van der Waals surface area contributed by atoms with Crippen LogP contribution >= 0.6 is 24.0 Å². The maximum atomic E-state index is 11.6. The van der Waals surface area contributed by atoms with Crippen LogP contribution in [0.25, 0.3) is 0 Å². The first-order valence-corrected chi connectivity index (χ1v) is 6.58. The summed E-state index contributed by atoms with van der Waals surface area (Å²) in [5.41, 5.74) is 0. The maximum Gasteiger partial charge on any atom is 0.222 e. The molecule has 1 aromatic carbocycles. The fourth-order valence-electron chi connectivity index (χ4n) is 0.806. The third kappa shape index (κ3) is 2.30. The molecule has 13 heavy (non-hydrogen) atoms.